The Bertz CT molecular complexity index is 498. The molecule has 0 spiro atoms. The maximum atomic E-state index is 5.71. The van der Waals surface area contributed by atoms with Crippen LogP contribution in [0.25, 0.3) is 0 Å². The van der Waals surface area contributed by atoms with Crippen LogP contribution in [0.15, 0.2) is 18.2 Å². The van der Waals surface area contributed by atoms with Crippen molar-refractivity contribution < 1.29 is 14.2 Å². The van der Waals surface area contributed by atoms with Crippen LogP contribution in [-0.4, -0.2) is 56.5 Å². The third kappa shape index (κ3) is 3.71. The molecule has 2 rings (SSSR count). The van der Waals surface area contributed by atoms with Crippen molar-refractivity contribution in [3.8, 4) is 5.75 Å². The van der Waals surface area contributed by atoms with E-state index in [4.69, 9.17) is 32.2 Å². The monoisotopic (exact) mass is 310 g/mol. The molecule has 1 fully saturated rings. The predicted octanol–water partition coefficient (Wildman–Crippen LogP) is 1.17. The Morgan fingerprint density at radius 3 is 2.33 bits per heavy atom. The lowest BCUT2D eigenvalue weighted by Crippen LogP contribution is -2.27. The molecular weight excluding hydrogens is 288 g/mol. The number of hydrogen-bond donors (Lipinski definition) is 1. The average molecular weight is 310 g/mol. The second-order valence-electron chi connectivity index (χ2n) is 5.13. The molecule has 1 heterocycles. The van der Waals surface area contributed by atoms with Crippen LogP contribution >= 0.6 is 12.2 Å². The van der Waals surface area contributed by atoms with E-state index in [-0.39, 0.29) is 12.2 Å². The Hall–Kier alpha value is -1.21. The molecule has 116 valence electrons. The van der Waals surface area contributed by atoms with Crippen molar-refractivity contribution in [3.05, 3.63) is 29.3 Å². The summed E-state index contributed by atoms with van der Waals surface area (Å²) in [5.74, 6) is 0.838. The standard InChI is InChI=1S/C15H22N2O3S/c1-18-12-5-4-10(15(16)21)6-11(12)7-17-8-13(19-2)14(9-17)20-3/h4-6,13-14H,7-9H2,1-3H3,(H2,16,21). The second-order valence-corrected chi connectivity index (χ2v) is 5.57. The minimum Gasteiger partial charge on any atom is -0.496 e. The van der Waals surface area contributed by atoms with E-state index in [0.29, 0.717) is 4.99 Å². The van der Waals surface area contributed by atoms with Crippen molar-refractivity contribution in [1.82, 2.24) is 4.90 Å². The molecule has 1 aliphatic heterocycles. The molecule has 0 radical (unpaired) electrons. The van der Waals surface area contributed by atoms with Crippen molar-refractivity contribution in [2.75, 3.05) is 34.4 Å². The van der Waals surface area contributed by atoms with Crippen molar-refractivity contribution in [2.24, 2.45) is 5.73 Å². The molecule has 2 unspecified atom stereocenters. The van der Waals surface area contributed by atoms with Gasteiger partial charge in [-0.25, -0.2) is 0 Å². The van der Waals surface area contributed by atoms with Crippen LogP contribution in [0.4, 0.5) is 0 Å². The summed E-state index contributed by atoms with van der Waals surface area (Å²) >= 11 is 5.04. The Balaban J connectivity index is 2.15. The molecule has 5 nitrogen and oxygen atoms in total. The van der Waals surface area contributed by atoms with Gasteiger partial charge in [0.2, 0.25) is 0 Å². The number of hydrogen-bond acceptors (Lipinski definition) is 5. The number of methoxy groups -OCH3 is 3. The van der Waals surface area contributed by atoms with Crippen molar-refractivity contribution in [2.45, 2.75) is 18.8 Å². The van der Waals surface area contributed by atoms with Gasteiger partial charge in [-0.05, 0) is 18.2 Å². The van der Waals surface area contributed by atoms with Gasteiger partial charge in [0.25, 0.3) is 0 Å². The summed E-state index contributed by atoms with van der Waals surface area (Å²) in [5.41, 5.74) is 7.62. The number of ether oxygens (including phenoxy) is 3. The molecule has 6 heteroatoms. The first kappa shape index (κ1) is 16.2. The highest BCUT2D eigenvalue weighted by atomic mass is 32.1. The number of nitrogens with two attached hydrogens (primary N) is 1. The lowest BCUT2D eigenvalue weighted by molar-refractivity contribution is -0.00461. The molecule has 0 aliphatic carbocycles. The Morgan fingerprint density at radius 1 is 1.24 bits per heavy atom. The molecule has 2 N–H and O–H groups in total. The van der Waals surface area contributed by atoms with Crippen LogP contribution in [0.1, 0.15) is 11.1 Å². The van der Waals surface area contributed by atoms with Gasteiger partial charge in [0.05, 0.1) is 19.3 Å². The first-order valence-corrected chi connectivity index (χ1v) is 7.24. The molecule has 0 bridgehead atoms. The zero-order valence-corrected chi connectivity index (χ0v) is 13.5. The lowest BCUT2D eigenvalue weighted by Gasteiger charge is -2.18. The number of rotatable bonds is 6. The summed E-state index contributed by atoms with van der Waals surface area (Å²) in [6.45, 7) is 2.41. The highest BCUT2D eigenvalue weighted by Crippen LogP contribution is 2.25. The van der Waals surface area contributed by atoms with Gasteiger partial charge in [-0.1, -0.05) is 12.2 Å². The fraction of sp³-hybridized carbons (Fsp3) is 0.533. The molecule has 0 aromatic heterocycles. The lowest BCUT2D eigenvalue weighted by atomic mass is 10.1. The van der Waals surface area contributed by atoms with Crippen molar-refractivity contribution in [3.63, 3.8) is 0 Å². The van der Waals surface area contributed by atoms with E-state index >= 15 is 0 Å². The van der Waals surface area contributed by atoms with E-state index in [0.717, 1.165) is 36.5 Å². The van der Waals surface area contributed by atoms with Crippen LogP contribution in [-0.2, 0) is 16.0 Å². The third-order valence-electron chi connectivity index (χ3n) is 3.86. The van der Waals surface area contributed by atoms with Gasteiger partial charge in [0.1, 0.15) is 10.7 Å². The summed E-state index contributed by atoms with van der Waals surface area (Å²) in [6.07, 6.45) is 0.194. The number of thiocarbonyl (C=S) groups is 1. The normalized spacial score (nSPS) is 22.4. The molecular formula is C15H22N2O3S. The smallest absolute Gasteiger partial charge is 0.123 e. The minimum atomic E-state index is 0.0970. The SMILES string of the molecule is COc1ccc(C(N)=S)cc1CN1CC(OC)C(OC)C1. The van der Waals surface area contributed by atoms with Gasteiger partial charge >= 0.3 is 0 Å². The maximum absolute atomic E-state index is 5.71. The summed E-state index contributed by atoms with van der Waals surface area (Å²) in [7, 11) is 5.10. The summed E-state index contributed by atoms with van der Waals surface area (Å²) in [4.78, 5) is 2.67. The van der Waals surface area contributed by atoms with Crippen molar-refractivity contribution >= 4 is 17.2 Å². The Labute approximate surface area is 131 Å². The zero-order valence-electron chi connectivity index (χ0n) is 12.7. The van der Waals surface area contributed by atoms with Crippen molar-refractivity contribution in [1.29, 1.82) is 0 Å². The fourth-order valence-corrected chi connectivity index (χ4v) is 2.82. The third-order valence-corrected chi connectivity index (χ3v) is 4.09. The van der Waals surface area contributed by atoms with Crippen LogP contribution in [0.3, 0.4) is 0 Å². The van der Waals surface area contributed by atoms with Gasteiger partial charge < -0.3 is 19.9 Å². The summed E-state index contributed by atoms with van der Waals surface area (Å²) < 4.78 is 16.3. The molecule has 2 atom stereocenters. The van der Waals surface area contributed by atoms with Gasteiger partial charge in [-0.15, -0.1) is 0 Å². The van der Waals surface area contributed by atoms with E-state index in [1.54, 1.807) is 21.3 Å². The van der Waals surface area contributed by atoms with Gasteiger partial charge in [0, 0.05) is 45.0 Å². The molecule has 21 heavy (non-hydrogen) atoms. The van der Waals surface area contributed by atoms with Gasteiger partial charge in [-0.3, -0.25) is 4.90 Å². The van der Waals surface area contributed by atoms with E-state index in [2.05, 4.69) is 4.90 Å². The first-order valence-electron chi connectivity index (χ1n) is 6.83. The highest BCUT2D eigenvalue weighted by Gasteiger charge is 2.33. The maximum Gasteiger partial charge on any atom is 0.123 e. The minimum absolute atomic E-state index is 0.0970. The van der Waals surface area contributed by atoms with Crippen LogP contribution in [0, 0.1) is 0 Å². The zero-order chi connectivity index (χ0) is 15.4. The quantitative estimate of drug-likeness (QED) is 0.796. The fourth-order valence-electron chi connectivity index (χ4n) is 2.70. The molecule has 0 amide bonds. The molecule has 0 saturated carbocycles. The largest absolute Gasteiger partial charge is 0.496 e. The number of benzene rings is 1. The van der Waals surface area contributed by atoms with E-state index in [1.807, 2.05) is 18.2 Å². The van der Waals surface area contributed by atoms with Crippen LogP contribution in [0.2, 0.25) is 0 Å². The Kier molecular flexibility index (Phi) is 5.52. The summed E-state index contributed by atoms with van der Waals surface area (Å²) in [6, 6.07) is 5.77. The molecule has 1 aromatic carbocycles. The highest BCUT2D eigenvalue weighted by molar-refractivity contribution is 7.80. The van der Waals surface area contributed by atoms with Crippen LogP contribution in [0.5, 0.6) is 5.75 Å². The number of nitrogens with zero attached hydrogens (tertiary/aromatic N) is 1. The average Bonchev–Trinajstić information content (AvgIpc) is 2.89. The first-order chi connectivity index (χ1) is 10.1. The number of likely N-dealkylation sites (tertiary alicyclic amines) is 1. The molecule has 1 aliphatic rings. The molecule has 1 aromatic rings. The predicted molar refractivity (Wildman–Crippen MR) is 85.8 cm³/mol. The van der Waals surface area contributed by atoms with E-state index in [9.17, 15) is 0 Å². The van der Waals surface area contributed by atoms with E-state index < -0.39 is 0 Å². The van der Waals surface area contributed by atoms with E-state index in [1.165, 1.54) is 0 Å². The second kappa shape index (κ2) is 7.17. The topological polar surface area (TPSA) is 57.0 Å². The molecule has 1 saturated heterocycles. The summed E-state index contributed by atoms with van der Waals surface area (Å²) in [5, 5.41) is 0. The van der Waals surface area contributed by atoms with Gasteiger partial charge in [-0.2, -0.15) is 0 Å². The van der Waals surface area contributed by atoms with Crippen LogP contribution < -0.4 is 10.5 Å². The van der Waals surface area contributed by atoms with Gasteiger partial charge in [0.15, 0.2) is 0 Å². The Morgan fingerprint density at radius 2 is 1.86 bits per heavy atom.